The maximum Gasteiger partial charge on any atom is 0.180 e. The number of halogens is 2. The van der Waals surface area contributed by atoms with Crippen molar-refractivity contribution in [2.75, 3.05) is 6.61 Å². The van der Waals surface area contributed by atoms with E-state index in [2.05, 4.69) is 19.2 Å². The van der Waals surface area contributed by atoms with E-state index in [-0.39, 0.29) is 5.82 Å². The summed E-state index contributed by atoms with van der Waals surface area (Å²) in [5.41, 5.74) is 1.91. The van der Waals surface area contributed by atoms with E-state index < -0.39 is 0 Å². The van der Waals surface area contributed by atoms with E-state index in [0.717, 1.165) is 17.5 Å². The molecule has 0 radical (unpaired) electrons. The van der Waals surface area contributed by atoms with Crippen LogP contribution in [0.4, 0.5) is 4.39 Å². The molecule has 0 spiro atoms. The third-order valence-electron chi connectivity index (χ3n) is 3.93. The van der Waals surface area contributed by atoms with E-state index in [0.29, 0.717) is 42.3 Å². The van der Waals surface area contributed by atoms with Crippen LogP contribution in [-0.4, -0.2) is 12.6 Å². The standard InChI is InChI=1S/C20H25ClFNO2/c1-4-14(3)23-12-16-10-18(21)20(19(11-16)24-5-2)25-13-15-6-8-17(22)9-7-15/h6-11,14,23H,4-5,12-13H2,1-3H3. The molecule has 25 heavy (non-hydrogen) atoms. The molecule has 136 valence electrons. The van der Waals surface area contributed by atoms with Crippen molar-refractivity contribution in [3.63, 3.8) is 0 Å². The van der Waals surface area contributed by atoms with E-state index in [1.54, 1.807) is 12.1 Å². The Morgan fingerprint density at radius 2 is 1.80 bits per heavy atom. The first kappa shape index (κ1) is 19.5. The molecule has 0 aliphatic heterocycles. The Kier molecular flexibility index (Phi) is 7.53. The molecular weight excluding hydrogens is 341 g/mol. The van der Waals surface area contributed by atoms with Crippen molar-refractivity contribution in [1.29, 1.82) is 0 Å². The van der Waals surface area contributed by atoms with Crippen LogP contribution in [0.5, 0.6) is 11.5 Å². The van der Waals surface area contributed by atoms with Crippen LogP contribution >= 0.6 is 11.6 Å². The molecule has 1 unspecified atom stereocenters. The zero-order valence-corrected chi connectivity index (χ0v) is 15.7. The molecule has 1 atom stereocenters. The van der Waals surface area contributed by atoms with Gasteiger partial charge in [-0.3, -0.25) is 0 Å². The zero-order valence-electron chi connectivity index (χ0n) is 14.9. The fourth-order valence-corrected chi connectivity index (χ4v) is 2.59. The van der Waals surface area contributed by atoms with Crippen LogP contribution in [0, 0.1) is 5.82 Å². The summed E-state index contributed by atoms with van der Waals surface area (Å²) in [5.74, 6) is 0.869. The number of nitrogens with one attached hydrogen (secondary N) is 1. The first-order valence-electron chi connectivity index (χ1n) is 8.59. The Hall–Kier alpha value is -1.78. The molecule has 0 heterocycles. The Morgan fingerprint density at radius 3 is 2.44 bits per heavy atom. The summed E-state index contributed by atoms with van der Waals surface area (Å²) in [6.07, 6.45) is 1.06. The summed E-state index contributed by atoms with van der Waals surface area (Å²) >= 11 is 6.42. The smallest absolute Gasteiger partial charge is 0.180 e. The molecule has 0 saturated carbocycles. The van der Waals surface area contributed by atoms with E-state index in [9.17, 15) is 4.39 Å². The molecule has 0 aliphatic rings. The summed E-state index contributed by atoms with van der Waals surface area (Å²) in [7, 11) is 0. The van der Waals surface area contributed by atoms with E-state index in [1.165, 1.54) is 12.1 Å². The molecule has 0 fully saturated rings. The predicted octanol–water partition coefficient (Wildman–Crippen LogP) is 5.34. The molecular formula is C20H25ClFNO2. The lowest BCUT2D eigenvalue weighted by Crippen LogP contribution is -2.24. The maximum atomic E-state index is 13.0. The molecule has 5 heteroatoms. The quantitative estimate of drug-likeness (QED) is 0.650. The van der Waals surface area contributed by atoms with E-state index in [1.807, 2.05) is 19.1 Å². The van der Waals surface area contributed by atoms with E-state index in [4.69, 9.17) is 21.1 Å². The van der Waals surface area contributed by atoms with Gasteiger partial charge in [0.1, 0.15) is 12.4 Å². The first-order chi connectivity index (χ1) is 12.0. The van der Waals surface area contributed by atoms with Crippen molar-refractivity contribution < 1.29 is 13.9 Å². The minimum Gasteiger partial charge on any atom is -0.490 e. The van der Waals surface area contributed by atoms with Crippen molar-refractivity contribution in [2.24, 2.45) is 0 Å². The van der Waals surface area contributed by atoms with Gasteiger partial charge in [0.2, 0.25) is 0 Å². The van der Waals surface area contributed by atoms with Crippen molar-refractivity contribution in [1.82, 2.24) is 5.32 Å². The van der Waals surface area contributed by atoms with Crippen LogP contribution < -0.4 is 14.8 Å². The van der Waals surface area contributed by atoms with Gasteiger partial charge >= 0.3 is 0 Å². The number of ether oxygens (including phenoxy) is 2. The molecule has 0 aliphatic carbocycles. The van der Waals surface area contributed by atoms with Gasteiger partial charge in [-0.1, -0.05) is 30.7 Å². The summed E-state index contributed by atoms with van der Waals surface area (Å²) in [4.78, 5) is 0. The molecule has 0 saturated heterocycles. The van der Waals surface area contributed by atoms with Gasteiger partial charge in [0.15, 0.2) is 11.5 Å². The van der Waals surface area contributed by atoms with Crippen molar-refractivity contribution >= 4 is 11.6 Å². The Bertz CT molecular complexity index is 676. The lowest BCUT2D eigenvalue weighted by molar-refractivity contribution is 0.269. The second kappa shape index (κ2) is 9.64. The SMILES string of the molecule is CCOc1cc(CNC(C)CC)cc(Cl)c1OCc1ccc(F)cc1. The van der Waals surface area contributed by atoms with Gasteiger partial charge in [-0.2, -0.15) is 0 Å². The van der Waals surface area contributed by atoms with Gasteiger partial charge in [-0.15, -0.1) is 0 Å². The molecule has 0 aromatic heterocycles. The summed E-state index contributed by atoms with van der Waals surface area (Å²) < 4.78 is 24.5. The molecule has 0 bridgehead atoms. The third-order valence-corrected chi connectivity index (χ3v) is 4.21. The molecule has 3 nitrogen and oxygen atoms in total. The van der Waals surface area contributed by atoms with Crippen LogP contribution in [0.3, 0.4) is 0 Å². The fourth-order valence-electron chi connectivity index (χ4n) is 2.30. The Morgan fingerprint density at radius 1 is 1.08 bits per heavy atom. The summed E-state index contributed by atoms with van der Waals surface area (Å²) in [6, 6.07) is 10.5. The second-order valence-electron chi connectivity index (χ2n) is 5.94. The highest BCUT2D eigenvalue weighted by atomic mass is 35.5. The van der Waals surface area contributed by atoms with Gasteiger partial charge < -0.3 is 14.8 Å². The van der Waals surface area contributed by atoms with Crippen LogP contribution in [0.15, 0.2) is 36.4 Å². The van der Waals surface area contributed by atoms with E-state index >= 15 is 0 Å². The van der Waals surface area contributed by atoms with Crippen molar-refractivity contribution in [2.45, 2.75) is 46.4 Å². The highest BCUT2D eigenvalue weighted by Crippen LogP contribution is 2.37. The molecule has 2 rings (SSSR count). The molecule has 0 amide bonds. The summed E-state index contributed by atoms with van der Waals surface area (Å²) in [6.45, 7) is 7.73. The van der Waals surface area contributed by atoms with Crippen LogP contribution in [0.25, 0.3) is 0 Å². The van der Waals surface area contributed by atoms with Gasteiger partial charge in [-0.25, -0.2) is 4.39 Å². The summed E-state index contributed by atoms with van der Waals surface area (Å²) in [5, 5.41) is 3.95. The lowest BCUT2D eigenvalue weighted by atomic mass is 10.1. The topological polar surface area (TPSA) is 30.5 Å². The van der Waals surface area contributed by atoms with Crippen LogP contribution in [-0.2, 0) is 13.2 Å². The van der Waals surface area contributed by atoms with Gasteiger partial charge in [-0.05, 0) is 55.7 Å². The van der Waals surface area contributed by atoms with Gasteiger partial charge in [0.05, 0.1) is 11.6 Å². The Labute approximate surface area is 154 Å². The van der Waals surface area contributed by atoms with Crippen molar-refractivity contribution in [3.05, 3.63) is 58.4 Å². The third kappa shape index (κ3) is 5.91. The number of benzene rings is 2. The number of hydrogen-bond donors (Lipinski definition) is 1. The highest BCUT2D eigenvalue weighted by Gasteiger charge is 2.13. The monoisotopic (exact) mass is 365 g/mol. The Balaban J connectivity index is 2.13. The molecule has 1 N–H and O–H groups in total. The number of hydrogen-bond acceptors (Lipinski definition) is 3. The van der Waals surface area contributed by atoms with Crippen molar-refractivity contribution in [3.8, 4) is 11.5 Å². The molecule has 2 aromatic rings. The van der Waals surface area contributed by atoms with Gasteiger partial charge in [0, 0.05) is 12.6 Å². The maximum absolute atomic E-state index is 13.0. The lowest BCUT2D eigenvalue weighted by Gasteiger charge is -2.17. The highest BCUT2D eigenvalue weighted by molar-refractivity contribution is 6.32. The predicted molar refractivity (Wildman–Crippen MR) is 99.9 cm³/mol. The number of rotatable bonds is 9. The first-order valence-corrected chi connectivity index (χ1v) is 8.97. The zero-order chi connectivity index (χ0) is 18.2. The minimum absolute atomic E-state index is 0.269. The largest absolute Gasteiger partial charge is 0.490 e. The normalized spacial score (nSPS) is 12.0. The minimum atomic E-state index is -0.269. The van der Waals surface area contributed by atoms with Gasteiger partial charge in [0.25, 0.3) is 0 Å². The fraction of sp³-hybridized carbons (Fsp3) is 0.400. The molecule has 2 aromatic carbocycles. The second-order valence-corrected chi connectivity index (χ2v) is 6.35. The van der Waals surface area contributed by atoms with Crippen LogP contribution in [0.1, 0.15) is 38.3 Å². The average Bonchev–Trinajstić information content (AvgIpc) is 2.60. The average molecular weight is 366 g/mol. The van der Waals surface area contributed by atoms with Crippen LogP contribution in [0.2, 0.25) is 5.02 Å².